The second kappa shape index (κ2) is 4.89. The predicted molar refractivity (Wildman–Crippen MR) is 67.3 cm³/mol. The molecule has 2 aromatic rings. The minimum absolute atomic E-state index is 0.193. The summed E-state index contributed by atoms with van der Waals surface area (Å²) in [5.41, 5.74) is 2.54. The molecule has 0 aromatic heterocycles. The molecule has 0 atom stereocenters. The normalized spacial score (nSPS) is 10.2. The van der Waals surface area contributed by atoms with Gasteiger partial charge in [0.25, 0.3) is 0 Å². The van der Waals surface area contributed by atoms with Crippen LogP contribution >= 0.6 is 0 Å². The summed E-state index contributed by atoms with van der Waals surface area (Å²) >= 11 is 0. The molecule has 0 amide bonds. The molecule has 2 N–H and O–H groups in total. The van der Waals surface area contributed by atoms with Crippen molar-refractivity contribution in [1.82, 2.24) is 0 Å². The molecule has 0 aliphatic rings. The molecule has 0 fully saturated rings. The third kappa shape index (κ3) is 2.77. The lowest BCUT2D eigenvalue weighted by Crippen LogP contribution is -2.17. The van der Waals surface area contributed by atoms with Crippen LogP contribution in [-0.4, -0.2) is 10.3 Å². The number of phenols is 1. The number of phenolic OH excluding ortho intramolecular Hbond substituents is 1. The summed E-state index contributed by atoms with van der Waals surface area (Å²) in [5, 5.41) is 20.6. The number of anilines is 1. The number of rotatable bonds is 3. The van der Waals surface area contributed by atoms with E-state index in [4.69, 9.17) is 0 Å². The van der Waals surface area contributed by atoms with E-state index < -0.39 is 0 Å². The van der Waals surface area contributed by atoms with E-state index in [1.165, 1.54) is 0 Å². The zero-order valence-electron chi connectivity index (χ0n) is 9.67. The van der Waals surface area contributed by atoms with Gasteiger partial charge in [-0.3, -0.25) is 10.3 Å². The van der Waals surface area contributed by atoms with Crippen molar-refractivity contribution in [1.29, 1.82) is 0 Å². The first kappa shape index (κ1) is 11.5. The van der Waals surface area contributed by atoms with Crippen LogP contribution in [0.4, 0.5) is 5.69 Å². The molecule has 0 unspecified atom stereocenters. The van der Waals surface area contributed by atoms with Crippen LogP contribution in [0.1, 0.15) is 11.1 Å². The van der Waals surface area contributed by atoms with Crippen molar-refractivity contribution in [3.8, 4) is 5.75 Å². The standard InChI is InChI=1S/C14H15NO2/c1-11-6-8-13(9-7-11)15(17)10-12-4-2-3-5-14(12)16/h2-9,16-17H,10H2,1H3. The predicted octanol–water partition coefficient (Wildman–Crippen LogP) is 3.10. The number of aromatic hydroxyl groups is 1. The minimum Gasteiger partial charge on any atom is -0.508 e. The Hall–Kier alpha value is -2.00. The molecule has 88 valence electrons. The van der Waals surface area contributed by atoms with Gasteiger partial charge < -0.3 is 5.11 Å². The van der Waals surface area contributed by atoms with Crippen LogP contribution in [0.25, 0.3) is 0 Å². The second-order valence-corrected chi connectivity index (χ2v) is 4.02. The summed E-state index contributed by atoms with van der Waals surface area (Å²) in [5.74, 6) is 0.193. The highest BCUT2D eigenvalue weighted by Gasteiger charge is 2.06. The average molecular weight is 229 g/mol. The molecule has 2 rings (SSSR count). The number of aryl methyl sites for hydroxylation is 1. The van der Waals surface area contributed by atoms with Crippen LogP contribution in [0, 0.1) is 6.92 Å². The first-order chi connectivity index (χ1) is 8.16. The van der Waals surface area contributed by atoms with Crippen molar-refractivity contribution in [2.75, 3.05) is 5.06 Å². The van der Waals surface area contributed by atoms with Crippen molar-refractivity contribution in [2.45, 2.75) is 13.5 Å². The molecule has 2 aromatic carbocycles. The summed E-state index contributed by atoms with van der Waals surface area (Å²) < 4.78 is 0. The molecule has 0 aliphatic carbocycles. The lowest BCUT2D eigenvalue weighted by molar-refractivity contribution is 0.248. The molecular formula is C14H15NO2. The fourth-order valence-electron chi connectivity index (χ4n) is 1.61. The van der Waals surface area contributed by atoms with Gasteiger partial charge in [-0.05, 0) is 25.1 Å². The van der Waals surface area contributed by atoms with Crippen LogP contribution < -0.4 is 5.06 Å². The monoisotopic (exact) mass is 229 g/mol. The van der Waals surface area contributed by atoms with E-state index in [0.29, 0.717) is 11.3 Å². The SMILES string of the molecule is Cc1ccc(N(O)Cc2ccccc2O)cc1. The highest BCUT2D eigenvalue weighted by Crippen LogP contribution is 2.21. The van der Waals surface area contributed by atoms with Gasteiger partial charge in [-0.25, -0.2) is 0 Å². The van der Waals surface area contributed by atoms with Crippen molar-refractivity contribution < 1.29 is 10.3 Å². The molecule has 0 spiro atoms. The molecule has 3 heteroatoms. The number of hydrogen-bond acceptors (Lipinski definition) is 3. The Balaban J connectivity index is 2.14. The van der Waals surface area contributed by atoms with Gasteiger partial charge in [0, 0.05) is 5.56 Å². The topological polar surface area (TPSA) is 43.7 Å². The van der Waals surface area contributed by atoms with Gasteiger partial charge in [0.2, 0.25) is 0 Å². The Morgan fingerprint density at radius 2 is 1.65 bits per heavy atom. The summed E-state index contributed by atoms with van der Waals surface area (Å²) in [6, 6.07) is 14.5. The summed E-state index contributed by atoms with van der Waals surface area (Å²) in [7, 11) is 0. The fraction of sp³-hybridized carbons (Fsp3) is 0.143. The average Bonchev–Trinajstić information content (AvgIpc) is 2.33. The Kier molecular flexibility index (Phi) is 3.30. The molecule has 17 heavy (non-hydrogen) atoms. The van der Waals surface area contributed by atoms with Crippen LogP contribution in [0.3, 0.4) is 0 Å². The minimum atomic E-state index is 0.193. The van der Waals surface area contributed by atoms with Gasteiger partial charge in [0.05, 0.1) is 12.2 Å². The van der Waals surface area contributed by atoms with E-state index in [9.17, 15) is 10.3 Å². The highest BCUT2D eigenvalue weighted by molar-refractivity contribution is 5.46. The van der Waals surface area contributed by atoms with Gasteiger partial charge in [0.1, 0.15) is 5.75 Å². The Bertz CT molecular complexity index is 494. The van der Waals surface area contributed by atoms with Crippen LogP contribution in [0.2, 0.25) is 0 Å². The summed E-state index contributed by atoms with van der Waals surface area (Å²) in [6.07, 6.45) is 0. The Labute approximate surface area is 101 Å². The maximum absolute atomic E-state index is 9.91. The van der Waals surface area contributed by atoms with Gasteiger partial charge in [-0.2, -0.15) is 0 Å². The molecule has 0 aliphatic heterocycles. The van der Waals surface area contributed by atoms with Crippen LogP contribution in [0.15, 0.2) is 48.5 Å². The number of hydrogen-bond donors (Lipinski definition) is 2. The zero-order chi connectivity index (χ0) is 12.3. The zero-order valence-corrected chi connectivity index (χ0v) is 9.67. The van der Waals surface area contributed by atoms with Gasteiger partial charge in [-0.15, -0.1) is 0 Å². The van der Waals surface area contributed by atoms with E-state index >= 15 is 0 Å². The third-order valence-corrected chi connectivity index (χ3v) is 2.64. The molecule has 0 radical (unpaired) electrons. The van der Waals surface area contributed by atoms with Crippen LogP contribution in [0.5, 0.6) is 5.75 Å². The lowest BCUT2D eigenvalue weighted by atomic mass is 10.2. The van der Waals surface area contributed by atoms with Gasteiger partial charge >= 0.3 is 0 Å². The van der Waals surface area contributed by atoms with Crippen LogP contribution in [-0.2, 0) is 6.54 Å². The summed E-state index contributed by atoms with van der Waals surface area (Å²) in [6.45, 7) is 2.25. The Morgan fingerprint density at radius 3 is 2.29 bits per heavy atom. The number of hydroxylamine groups is 1. The van der Waals surface area contributed by atoms with Gasteiger partial charge in [-0.1, -0.05) is 35.9 Å². The molecule has 0 saturated carbocycles. The first-order valence-electron chi connectivity index (χ1n) is 5.47. The smallest absolute Gasteiger partial charge is 0.120 e. The largest absolute Gasteiger partial charge is 0.508 e. The van der Waals surface area contributed by atoms with E-state index in [0.717, 1.165) is 10.6 Å². The van der Waals surface area contributed by atoms with E-state index in [1.54, 1.807) is 18.2 Å². The van der Waals surface area contributed by atoms with Crippen molar-refractivity contribution in [3.63, 3.8) is 0 Å². The molecule has 0 heterocycles. The maximum atomic E-state index is 9.91. The number of benzene rings is 2. The highest BCUT2D eigenvalue weighted by atomic mass is 16.5. The number of para-hydroxylation sites is 1. The maximum Gasteiger partial charge on any atom is 0.120 e. The van der Waals surface area contributed by atoms with Crippen molar-refractivity contribution in [3.05, 3.63) is 59.7 Å². The molecule has 3 nitrogen and oxygen atoms in total. The fourth-order valence-corrected chi connectivity index (χ4v) is 1.61. The second-order valence-electron chi connectivity index (χ2n) is 4.02. The quantitative estimate of drug-likeness (QED) is 0.795. The first-order valence-corrected chi connectivity index (χ1v) is 5.47. The van der Waals surface area contributed by atoms with Crippen molar-refractivity contribution in [2.24, 2.45) is 0 Å². The van der Waals surface area contributed by atoms with Gasteiger partial charge in [0.15, 0.2) is 0 Å². The van der Waals surface area contributed by atoms with Crippen molar-refractivity contribution >= 4 is 5.69 Å². The third-order valence-electron chi connectivity index (χ3n) is 2.64. The van der Waals surface area contributed by atoms with E-state index in [2.05, 4.69) is 0 Å². The van der Waals surface area contributed by atoms with E-state index in [-0.39, 0.29) is 12.3 Å². The summed E-state index contributed by atoms with van der Waals surface area (Å²) in [4.78, 5) is 0. The molecular weight excluding hydrogens is 214 g/mol. The van der Waals surface area contributed by atoms with E-state index in [1.807, 2.05) is 37.3 Å². The molecule has 0 saturated heterocycles. The number of nitrogens with zero attached hydrogens (tertiary/aromatic N) is 1. The lowest BCUT2D eigenvalue weighted by Gasteiger charge is -2.17. The Morgan fingerprint density at radius 1 is 1.00 bits per heavy atom. The molecule has 0 bridgehead atoms.